The number of carboxylic acids is 1. The van der Waals surface area contributed by atoms with Crippen LogP contribution in [0.1, 0.15) is 18.9 Å². The van der Waals surface area contributed by atoms with Crippen LogP contribution in [-0.2, 0) is 11.3 Å². The Morgan fingerprint density at radius 1 is 1.44 bits per heavy atom. The predicted molar refractivity (Wildman–Crippen MR) is 57.9 cm³/mol. The molecule has 96 valence electrons. The Bertz CT molecular complexity index is 622. The second-order valence-corrected chi connectivity index (χ2v) is 3.88. The first-order valence-corrected chi connectivity index (χ1v) is 5.15. The number of halogens is 2. The lowest BCUT2D eigenvalue weighted by atomic mass is 10.3. The van der Waals surface area contributed by atoms with Gasteiger partial charge in [-0.05, 0) is 6.92 Å². The molecule has 2 rings (SSSR count). The number of aromatic nitrogens is 2. The van der Waals surface area contributed by atoms with E-state index in [1.54, 1.807) is 0 Å². The van der Waals surface area contributed by atoms with Gasteiger partial charge in [0.25, 0.3) is 0 Å². The number of fused-ring (bicyclic) bond motifs is 1. The number of imidazole rings is 1. The molecule has 1 heterocycles. The topological polar surface area (TPSA) is 75.4 Å². The molecule has 1 atom stereocenters. The average Bonchev–Trinajstić information content (AvgIpc) is 2.57. The minimum absolute atomic E-state index is 0.0531. The van der Waals surface area contributed by atoms with Crippen LogP contribution >= 0.6 is 0 Å². The molecule has 0 fully saturated rings. The first-order valence-electron chi connectivity index (χ1n) is 5.15. The molecule has 0 amide bonds. The third kappa shape index (κ3) is 2.04. The van der Waals surface area contributed by atoms with Gasteiger partial charge in [-0.25, -0.2) is 13.8 Å². The number of nitrogens with zero attached hydrogens (tertiary/aromatic N) is 2. The Kier molecular flexibility index (Phi) is 3.00. The summed E-state index contributed by atoms with van der Waals surface area (Å²) in [6.45, 7) is 0.911. The number of aliphatic hydroxyl groups excluding tert-OH is 1. The molecule has 0 aliphatic heterocycles. The number of rotatable bonds is 3. The highest BCUT2D eigenvalue weighted by Crippen LogP contribution is 2.23. The monoisotopic (exact) mass is 256 g/mol. The van der Waals surface area contributed by atoms with Crippen molar-refractivity contribution in [2.24, 2.45) is 0 Å². The van der Waals surface area contributed by atoms with E-state index in [2.05, 4.69) is 4.98 Å². The van der Waals surface area contributed by atoms with Gasteiger partial charge in [-0.3, -0.25) is 4.79 Å². The third-order valence-electron chi connectivity index (χ3n) is 2.49. The number of aliphatic hydroxyl groups is 1. The van der Waals surface area contributed by atoms with Crippen LogP contribution in [0.4, 0.5) is 8.78 Å². The van der Waals surface area contributed by atoms with Crippen molar-refractivity contribution in [2.75, 3.05) is 0 Å². The van der Waals surface area contributed by atoms with E-state index in [9.17, 15) is 18.7 Å². The van der Waals surface area contributed by atoms with Crippen molar-refractivity contribution in [3.63, 3.8) is 0 Å². The van der Waals surface area contributed by atoms with Crippen molar-refractivity contribution in [2.45, 2.75) is 19.6 Å². The predicted octanol–water partition coefficient (Wildman–Crippen LogP) is 1.45. The molecule has 1 aromatic heterocycles. The van der Waals surface area contributed by atoms with Crippen LogP contribution in [-0.4, -0.2) is 25.7 Å². The highest BCUT2D eigenvalue weighted by molar-refractivity contribution is 5.78. The van der Waals surface area contributed by atoms with E-state index in [-0.39, 0.29) is 16.9 Å². The zero-order valence-corrected chi connectivity index (χ0v) is 9.39. The van der Waals surface area contributed by atoms with Gasteiger partial charge in [-0.1, -0.05) is 0 Å². The van der Waals surface area contributed by atoms with Crippen LogP contribution < -0.4 is 0 Å². The van der Waals surface area contributed by atoms with E-state index in [0.29, 0.717) is 0 Å². The number of carboxylic acid groups (broad SMARTS) is 1. The van der Waals surface area contributed by atoms with Gasteiger partial charge in [0.2, 0.25) is 0 Å². The van der Waals surface area contributed by atoms with Gasteiger partial charge >= 0.3 is 5.97 Å². The summed E-state index contributed by atoms with van der Waals surface area (Å²) in [5.41, 5.74) is 0.234. The molecule has 5 nitrogen and oxygen atoms in total. The van der Waals surface area contributed by atoms with Crippen LogP contribution in [0, 0.1) is 11.6 Å². The molecule has 2 aromatic rings. The lowest BCUT2D eigenvalue weighted by Gasteiger charge is -2.07. The molecular formula is C11H10F2N2O3. The number of benzene rings is 1. The standard InChI is InChI=1S/C11H10F2N2O3/c1-5(16)11-14-8-2-6(12)7(13)3-9(8)15(11)4-10(17)18/h2-3,5,16H,4H2,1H3,(H,17,18)/t5-/m0/s1. The van der Waals surface area contributed by atoms with Crippen LogP contribution in [0.3, 0.4) is 0 Å². The molecule has 0 aliphatic rings. The summed E-state index contributed by atoms with van der Waals surface area (Å²) in [5, 5.41) is 18.3. The normalized spacial score (nSPS) is 12.9. The molecule has 0 saturated carbocycles. The Morgan fingerprint density at radius 2 is 2.06 bits per heavy atom. The van der Waals surface area contributed by atoms with Crippen LogP contribution in [0.5, 0.6) is 0 Å². The third-order valence-corrected chi connectivity index (χ3v) is 2.49. The van der Waals surface area contributed by atoms with Gasteiger partial charge in [0, 0.05) is 12.1 Å². The largest absolute Gasteiger partial charge is 0.480 e. The molecule has 0 spiro atoms. The lowest BCUT2D eigenvalue weighted by molar-refractivity contribution is -0.137. The zero-order valence-electron chi connectivity index (χ0n) is 9.39. The first-order chi connectivity index (χ1) is 8.40. The Hall–Kier alpha value is -2.02. The summed E-state index contributed by atoms with van der Waals surface area (Å²) < 4.78 is 27.3. The smallest absolute Gasteiger partial charge is 0.323 e. The molecule has 0 saturated heterocycles. The zero-order chi connectivity index (χ0) is 13.4. The summed E-state index contributed by atoms with van der Waals surface area (Å²) in [7, 11) is 0. The molecule has 1 aromatic carbocycles. The van der Waals surface area contributed by atoms with E-state index < -0.39 is 30.3 Å². The van der Waals surface area contributed by atoms with E-state index >= 15 is 0 Å². The van der Waals surface area contributed by atoms with Crippen molar-refractivity contribution >= 4 is 17.0 Å². The van der Waals surface area contributed by atoms with Gasteiger partial charge in [-0.2, -0.15) is 0 Å². The summed E-state index contributed by atoms with van der Waals surface area (Å²) >= 11 is 0. The van der Waals surface area contributed by atoms with Crippen LogP contribution in [0.25, 0.3) is 11.0 Å². The SMILES string of the molecule is C[C@H](O)c1nc2cc(F)c(F)cc2n1CC(=O)O. The van der Waals surface area contributed by atoms with E-state index in [0.717, 1.165) is 16.7 Å². The van der Waals surface area contributed by atoms with Gasteiger partial charge in [-0.15, -0.1) is 0 Å². The van der Waals surface area contributed by atoms with Gasteiger partial charge < -0.3 is 14.8 Å². The summed E-state index contributed by atoms with van der Waals surface area (Å²) in [5.74, 6) is -3.27. The molecule has 0 radical (unpaired) electrons. The second-order valence-electron chi connectivity index (χ2n) is 3.88. The van der Waals surface area contributed by atoms with Crippen molar-refractivity contribution in [3.8, 4) is 0 Å². The molecule has 0 unspecified atom stereocenters. The fraction of sp³-hybridized carbons (Fsp3) is 0.273. The van der Waals surface area contributed by atoms with E-state index in [1.807, 2.05) is 0 Å². The maximum Gasteiger partial charge on any atom is 0.323 e. The molecule has 0 bridgehead atoms. The summed E-state index contributed by atoms with van der Waals surface area (Å²) in [6, 6.07) is 1.74. The Morgan fingerprint density at radius 3 is 2.61 bits per heavy atom. The quantitative estimate of drug-likeness (QED) is 0.871. The fourth-order valence-corrected chi connectivity index (χ4v) is 1.76. The molecule has 18 heavy (non-hydrogen) atoms. The van der Waals surface area contributed by atoms with Gasteiger partial charge in [0.05, 0.1) is 11.0 Å². The van der Waals surface area contributed by atoms with E-state index in [1.165, 1.54) is 6.92 Å². The van der Waals surface area contributed by atoms with Crippen molar-refractivity contribution in [1.82, 2.24) is 9.55 Å². The van der Waals surface area contributed by atoms with Crippen LogP contribution in [0.15, 0.2) is 12.1 Å². The number of carbonyl (C=O) groups is 1. The van der Waals surface area contributed by atoms with Gasteiger partial charge in [0.1, 0.15) is 18.5 Å². The van der Waals surface area contributed by atoms with Crippen molar-refractivity contribution < 1.29 is 23.8 Å². The van der Waals surface area contributed by atoms with Crippen LogP contribution in [0.2, 0.25) is 0 Å². The Labute approximate surface area is 100 Å². The molecule has 2 N–H and O–H groups in total. The second kappa shape index (κ2) is 4.34. The molecule has 7 heteroatoms. The lowest BCUT2D eigenvalue weighted by Crippen LogP contribution is -2.13. The fourth-order valence-electron chi connectivity index (χ4n) is 1.76. The minimum Gasteiger partial charge on any atom is -0.480 e. The maximum absolute atomic E-state index is 13.2. The van der Waals surface area contributed by atoms with Crippen molar-refractivity contribution in [1.29, 1.82) is 0 Å². The van der Waals surface area contributed by atoms with Gasteiger partial charge in [0.15, 0.2) is 11.6 Å². The molecule has 0 aliphatic carbocycles. The Balaban J connectivity index is 2.72. The van der Waals surface area contributed by atoms with E-state index in [4.69, 9.17) is 5.11 Å². The maximum atomic E-state index is 13.2. The summed E-state index contributed by atoms with van der Waals surface area (Å²) in [6.07, 6.45) is -1.04. The highest BCUT2D eigenvalue weighted by atomic mass is 19.2. The number of hydrogen-bond donors (Lipinski definition) is 2. The number of hydrogen-bond acceptors (Lipinski definition) is 3. The number of aliphatic carboxylic acids is 1. The summed E-state index contributed by atoms with van der Waals surface area (Å²) in [4.78, 5) is 14.6. The molecular weight excluding hydrogens is 246 g/mol. The minimum atomic E-state index is -1.17. The average molecular weight is 256 g/mol. The van der Waals surface area contributed by atoms with Crippen molar-refractivity contribution in [3.05, 3.63) is 29.6 Å². The first kappa shape index (κ1) is 12.4. The highest BCUT2D eigenvalue weighted by Gasteiger charge is 2.18.